The fraction of sp³-hybridized carbons (Fsp3) is 0.385. The van der Waals surface area contributed by atoms with E-state index in [1.165, 1.54) is 18.4 Å². The summed E-state index contributed by atoms with van der Waals surface area (Å²) in [4.78, 5) is 3.78. The van der Waals surface area contributed by atoms with Crippen molar-refractivity contribution in [1.82, 2.24) is 7.76 Å². The van der Waals surface area contributed by atoms with Crippen LogP contribution in [0.3, 0.4) is 0 Å². The normalized spacial score (nSPS) is 9.06. The molecule has 0 fully saturated rings. The summed E-state index contributed by atoms with van der Waals surface area (Å²) < 4.78 is 4.11. The molecule has 0 bridgehead atoms. The second-order valence-electron chi connectivity index (χ2n) is 3.88. The predicted molar refractivity (Wildman–Crippen MR) is 77.9 cm³/mol. The zero-order chi connectivity index (χ0) is 12.5. The number of aromatic nitrogens is 3. The van der Waals surface area contributed by atoms with E-state index >= 15 is 0 Å². The second-order valence-corrected chi connectivity index (χ2v) is 4.99. The van der Waals surface area contributed by atoms with E-state index in [-0.39, 0.29) is 24.0 Å². The summed E-state index contributed by atoms with van der Waals surface area (Å²) in [5.74, 6) is 0. The fourth-order valence-electron chi connectivity index (χ4n) is 1.38. The molecule has 5 heteroatoms. The Morgan fingerprint density at radius 2 is 2.22 bits per heavy atom. The summed E-state index contributed by atoms with van der Waals surface area (Å²) in [6, 6.07) is 4.23. The van der Waals surface area contributed by atoms with Gasteiger partial charge in [-0.2, -0.15) is 0 Å². The molecule has 2 rings (SSSR count). The highest BCUT2D eigenvalue weighted by Crippen LogP contribution is 1.91. The van der Waals surface area contributed by atoms with Crippen molar-refractivity contribution in [3.8, 4) is 0 Å². The van der Waals surface area contributed by atoms with Crippen LogP contribution in [0.2, 0.25) is 0 Å². The van der Waals surface area contributed by atoms with Gasteiger partial charge in [-0.1, -0.05) is 13.3 Å². The zero-order valence-electron chi connectivity index (χ0n) is 10.8. The Bertz CT molecular complexity index is 416. The average Bonchev–Trinajstić information content (AvgIpc) is 2.79. The first kappa shape index (κ1) is 17.8. The number of halogens is 2. The molecule has 0 amide bonds. The van der Waals surface area contributed by atoms with Crippen molar-refractivity contribution >= 4 is 22.9 Å². The minimum atomic E-state index is 0. The Kier molecular flexibility index (Phi) is 10.6. The molecule has 0 N–H and O–H groups in total. The summed E-state index contributed by atoms with van der Waals surface area (Å²) in [7, 11) is 0. The van der Waals surface area contributed by atoms with Crippen LogP contribution in [-0.4, -0.2) is 7.76 Å². The van der Waals surface area contributed by atoms with Gasteiger partial charge in [0, 0.05) is 30.4 Å². The van der Waals surface area contributed by atoms with E-state index < -0.39 is 0 Å². The van der Waals surface area contributed by atoms with Crippen LogP contribution in [0.4, 0.5) is 0 Å². The van der Waals surface area contributed by atoms with Crippen LogP contribution in [0.15, 0.2) is 43.2 Å². The number of rotatable bonds is 3. The van der Waals surface area contributed by atoms with Gasteiger partial charge in [0.2, 0.25) is 0 Å². The lowest BCUT2D eigenvalue weighted by Crippen LogP contribution is -3.00. The largest absolute Gasteiger partial charge is 1.00 e. The summed E-state index contributed by atoms with van der Waals surface area (Å²) in [6.45, 7) is 5.50. The minimum absolute atomic E-state index is 0. The lowest BCUT2D eigenvalue weighted by Gasteiger charge is -1.94. The van der Waals surface area contributed by atoms with Crippen molar-refractivity contribution in [1.29, 1.82) is 0 Å². The van der Waals surface area contributed by atoms with Crippen LogP contribution in [0.5, 0.6) is 0 Å². The highest BCUT2D eigenvalue weighted by atomic mass is 127. The third-order valence-corrected chi connectivity index (χ3v) is 2.82. The molecule has 100 valence electrons. The SMILES string of the molecule is CCCC[n+]1cccc(C)c1.In1ccnc1.[I-]. The van der Waals surface area contributed by atoms with Gasteiger partial charge in [0.15, 0.2) is 12.4 Å². The molecule has 0 aliphatic carbocycles. The maximum atomic E-state index is 3.78. The third kappa shape index (κ3) is 8.02. The minimum Gasteiger partial charge on any atom is -1.00 e. The highest BCUT2D eigenvalue weighted by molar-refractivity contribution is 14.1. The topological polar surface area (TPSA) is 21.7 Å². The van der Waals surface area contributed by atoms with E-state index in [0.717, 1.165) is 6.54 Å². The van der Waals surface area contributed by atoms with Crippen molar-refractivity contribution in [2.24, 2.45) is 0 Å². The van der Waals surface area contributed by atoms with Crippen LogP contribution >= 0.6 is 22.9 Å². The molecule has 2 aromatic rings. The Morgan fingerprint density at radius 3 is 2.67 bits per heavy atom. The van der Waals surface area contributed by atoms with Gasteiger partial charge in [0.05, 0.1) is 22.9 Å². The van der Waals surface area contributed by atoms with Crippen LogP contribution in [-0.2, 0) is 6.54 Å². The third-order valence-electron chi connectivity index (χ3n) is 2.25. The van der Waals surface area contributed by atoms with Gasteiger partial charge in [-0.3, -0.25) is 2.78 Å². The Labute approximate surface area is 140 Å². The lowest BCUT2D eigenvalue weighted by molar-refractivity contribution is -0.697. The van der Waals surface area contributed by atoms with Gasteiger partial charge < -0.3 is 24.0 Å². The Hall–Kier alpha value is -0.180. The molecule has 0 spiro atoms. The van der Waals surface area contributed by atoms with Gasteiger partial charge in [-0.05, 0) is 13.0 Å². The monoisotopic (exact) mass is 471 g/mol. The molecule has 0 atom stereocenters. The Morgan fingerprint density at radius 1 is 1.44 bits per heavy atom. The molecule has 18 heavy (non-hydrogen) atoms. The van der Waals surface area contributed by atoms with E-state index in [1.54, 1.807) is 12.5 Å². The van der Waals surface area contributed by atoms with E-state index in [4.69, 9.17) is 0 Å². The van der Waals surface area contributed by atoms with Crippen molar-refractivity contribution in [3.05, 3.63) is 48.8 Å². The van der Waals surface area contributed by atoms with Gasteiger partial charge in [0.25, 0.3) is 0 Å². The van der Waals surface area contributed by atoms with Crippen LogP contribution < -0.4 is 28.5 Å². The van der Waals surface area contributed by atoms with Gasteiger partial charge in [0.1, 0.15) is 12.9 Å². The highest BCUT2D eigenvalue weighted by Gasteiger charge is 1.97. The first-order valence-electron chi connectivity index (χ1n) is 5.82. The van der Waals surface area contributed by atoms with Crippen LogP contribution in [0.1, 0.15) is 25.3 Å². The number of aryl methyl sites for hydroxylation is 2. The number of hydrogen-bond donors (Lipinski definition) is 0. The quantitative estimate of drug-likeness (QED) is 0.463. The van der Waals surface area contributed by atoms with Crippen LogP contribution in [0.25, 0.3) is 0 Å². The zero-order valence-corrected chi connectivity index (χ0v) is 15.1. The second kappa shape index (κ2) is 10.7. The molecule has 2 aromatic heterocycles. The summed E-state index contributed by atoms with van der Waals surface area (Å²) in [5.41, 5.74) is 1.34. The molecule has 0 saturated carbocycles. The number of nitrogens with zero attached hydrogens (tertiary/aromatic N) is 3. The lowest BCUT2D eigenvalue weighted by atomic mass is 10.3. The van der Waals surface area contributed by atoms with Crippen molar-refractivity contribution in [2.45, 2.75) is 33.2 Å². The molecular weight excluding hydrogens is 452 g/mol. The van der Waals surface area contributed by atoms with E-state index in [1.807, 2.05) is 8.98 Å². The number of pyridine rings is 1. The van der Waals surface area contributed by atoms with Crippen LogP contribution in [0, 0.1) is 6.92 Å². The molecule has 0 saturated heterocycles. The molecule has 0 aromatic carbocycles. The smallest absolute Gasteiger partial charge is 0.171 e. The van der Waals surface area contributed by atoms with Gasteiger partial charge >= 0.3 is 0 Å². The van der Waals surface area contributed by atoms with Crippen molar-refractivity contribution < 1.29 is 28.5 Å². The van der Waals surface area contributed by atoms with E-state index in [9.17, 15) is 0 Å². The number of imidazole rings is 1. The molecule has 0 radical (unpaired) electrons. The number of unbranched alkanes of at least 4 members (excludes halogenated alkanes) is 1. The Balaban J connectivity index is 0.000000352. The average molecular weight is 471 g/mol. The molecular formula is C13H19I2N3. The summed E-state index contributed by atoms with van der Waals surface area (Å²) in [6.07, 6.45) is 12.2. The summed E-state index contributed by atoms with van der Waals surface area (Å²) in [5, 5.41) is 0. The fourth-order valence-corrected chi connectivity index (χ4v) is 1.66. The number of hydrogen-bond acceptors (Lipinski definition) is 1. The maximum absolute atomic E-state index is 3.78. The maximum Gasteiger partial charge on any atom is 0.171 e. The molecule has 0 unspecified atom stereocenters. The summed E-state index contributed by atoms with van der Waals surface area (Å²) >= 11 is 2.13. The van der Waals surface area contributed by atoms with Gasteiger partial charge in [-0.15, -0.1) is 0 Å². The first-order valence-corrected chi connectivity index (χ1v) is 6.78. The molecule has 2 heterocycles. The van der Waals surface area contributed by atoms with Gasteiger partial charge in [-0.25, -0.2) is 9.55 Å². The van der Waals surface area contributed by atoms with E-state index in [2.05, 4.69) is 70.8 Å². The molecule has 0 aliphatic rings. The predicted octanol–water partition coefficient (Wildman–Crippen LogP) is 0.168. The first-order chi connectivity index (χ1) is 8.22. The van der Waals surface area contributed by atoms with E-state index in [0.29, 0.717) is 0 Å². The molecule has 3 nitrogen and oxygen atoms in total. The molecule has 0 aliphatic heterocycles. The standard InChI is InChI=1S/C10H16N.C3H3IN2.HI/c1-3-4-7-11-8-5-6-10(2)9-11;4-6-2-1-5-3-6;/h5-6,8-9H,3-4,7H2,1-2H3;1-3H;1H/q+1;;/p-1. The van der Waals surface area contributed by atoms with Crippen molar-refractivity contribution in [3.63, 3.8) is 0 Å². The van der Waals surface area contributed by atoms with Crippen molar-refractivity contribution in [2.75, 3.05) is 0 Å².